The second-order valence-corrected chi connectivity index (χ2v) is 7.09. The molecule has 4 rings (SSSR count). The van der Waals surface area contributed by atoms with Gasteiger partial charge in [-0.15, -0.1) is 0 Å². The van der Waals surface area contributed by atoms with Crippen LogP contribution in [0.5, 0.6) is 0 Å². The van der Waals surface area contributed by atoms with Gasteiger partial charge in [0.05, 0.1) is 6.04 Å². The maximum Gasteiger partial charge on any atom is 0.425 e. The Hall–Kier alpha value is -0.850. The van der Waals surface area contributed by atoms with Crippen molar-refractivity contribution in [3.8, 4) is 0 Å². The fourth-order valence-corrected chi connectivity index (χ4v) is 4.60. The molecule has 0 bridgehead atoms. The summed E-state index contributed by atoms with van der Waals surface area (Å²) >= 11 is 0. The first-order chi connectivity index (χ1) is 10.8. The van der Waals surface area contributed by atoms with E-state index in [0.29, 0.717) is 6.04 Å². The summed E-state index contributed by atoms with van der Waals surface area (Å²) in [5.74, 6) is 0. The standard InChI is InChI=1S/C16H28N4O2/c21-16-20(14-3-1-2-4-15(14)22-16)19-11-9-18(10-12-19)13-5-7-17-8-6-13/h13-15,17H,1-12H2. The Morgan fingerprint density at radius 2 is 1.68 bits per heavy atom. The number of hydrogen-bond acceptors (Lipinski definition) is 5. The molecular formula is C16H28N4O2. The van der Waals surface area contributed by atoms with E-state index in [-0.39, 0.29) is 12.2 Å². The molecule has 4 aliphatic rings. The molecular weight excluding hydrogens is 280 g/mol. The van der Waals surface area contributed by atoms with Crippen LogP contribution in [0.15, 0.2) is 0 Å². The van der Waals surface area contributed by atoms with Crippen LogP contribution in [0.25, 0.3) is 0 Å². The molecule has 4 fully saturated rings. The third kappa shape index (κ3) is 2.72. The lowest BCUT2D eigenvalue weighted by Crippen LogP contribution is -2.59. The Bertz CT molecular complexity index is 405. The lowest BCUT2D eigenvalue weighted by molar-refractivity contribution is -0.0527. The van der Waals surface area contributed by atoms with E-state index in [1.54, 1.807) is 0 Å². The van der Waals surface area contributed by atoms with Gasteiger partial charge in [0.15, 0.2) is 0 Å². The molecule has 124 valence electrons. The van der Waals surface area contributed by atoms with Gasteiger partial charge in [0.2, 0.25) is 0 Å². The third-order valence-corrected chi connectivity index (χ3v) is 5.84. The summed E-state index contributed by atoms with van der Waals surface area (Å²) in [7, 11) is 0. The highest BCUT2D eigenvalue weighted by molar-refractivity contribution is 5.70. The second kappa shape index (κ2) is 6.34. The Morgan fingerprint density at radius 3 is 2.45 bits per heavy atom. The van der Waals surface area contributed by atoms with Crippen molar-refractivity contribution in [1.82, 2.24) is 20.2 Å². The summed E-state index contributed by atoms with van der Waals surface area (Å²) in [5.41, 5.74) is 0. The van der Waals surface area contributed by atoms with E-state index in [2.05, 4.69) is 15.2 Å². The first kappa shape index (κ1) is 14.7. The van der Waals surface area contributed by atoms with Crippen molar-refractivity contribution in [3.05, 3.63) is 0 Å². The summed E-state index contributed by atoms with van der Waals surface area (Å²) in [4.78, 5) is 14.9. The molecule has 22 heavy (non-hydrogen) atoms. The molecule has 0 radical (unpaired) electrons. The van der Waals surface area contributed by atoms with Crippen LogP contribution in [-0.2, 0) is 4.74 Å². The van der Waals surface area contributed by atoms with Gasteiger partial charge >= 0.3 is 6.09 Å². The minimum atomic E-state index is -0.104. The zero-order valence-corrected chi connectivity index (χ0v) is 13.4. The van der Waals surface area contributed by atoms with E-state index in [1.807, 2.05) is 5.01 Å². The van der Waals surface area contributed by atoms with Crippen molar-refractivity contribution in [3.63, 3.8) is 0 Å². The monoisotopic (exact) mass is 308 g/mol. The smallest absolute Gasteiger partial charge is 0.425 e. The molecule has 0 aromatic carbocycles. The fourth-order valence-electron chi connectivity index (χ4n) is 4.60. The topological polar surface area (TPSA) is 48.1 Å². The molecule has 2 unspecified atom stereocenters. The number of ether oxygens (including phenoxy) is 1. The molecule has 1 N–H and O–H groups in total. The highest BCUT2D eigenvalue weighted by Gasteiger charge is 2.46. The molecule has 3 heterocycles. The van der Waals surface area contributed by atoms with Crippen LogP contribution >= 0.6 is 0 Å². The van der Waals surface area contributed by atoms with Gasteiger partial charge in [0.1, 0.15) is 6.10 Å². The van der Waals surface area contributed by atoms with Crippen molar-refractivity contribution in [2.24, 2.45) is 0 Å². The van der Waals surface area contributed by atoms with Crippen LogP contribution in [0.4, 0.5) is 4.79 Å². The van der Waals surface area contributed by atoms with E-state index in [1.165, 1.54) is 25.7 Å². The zero-order valence-electron chi connectivity index (χ0n) is 13.4. The summed E-state index contributed by atoms with van der Waals surface area (Å²) in [5, 5.41) is 7.66. The first-order valence-electron chi connectivity index (χ1n) is 9.02. The third-order valence-electron chi connectivity index (χ3n) is 5.84. The Balaban J connectivity index is 1.35. The summed E-state index contributed by atoms with van der Waals surface area (Å²) in [6.07, 6.45) is 7.13. The normalized spacial score (nSPS) is 35.5. The number of rotatable bonds is 2. The Morgan fingerprint density at radius 1 is 0.955 bits per heavy atom. The van der Waals surface area contributed by atoms with Gasteiger partial charge in [-0.05, 0) is 45.2 Å². The van der Waals surface area contributed by atoms with Gasteiger partial charge in [-0.1, -0.05) is 6.42 Å². The van der Waals surface area contributed by atoms with Gasteiger partial charge in [0, 0.05) is 32.2 Å². The van der Waals surface area contributed by atoms with Gasteiger partial charge in [-0.3, -0.25) is 4.90 Å². The first-order valence-corrected chi connectivity index (χ1v) is 9.02. The number of nitrogens with zero attached hydrogens (tertiary/aromatic N) is 3. The number of hydrazine groups is 1. The number of hydrogen-bond donors (Lipinski definition) is 1. The minimum absolute atomic E-state index is 0.104. The molecule has 6 heteroatoms. The number of amides is 1. The SMILES string of the molecule is O=C1OC2CCCCC2N1N1CCN(C2CCNCC2)CC1. The summed E-state index contributed by atoms with van der Waals surface area (Å²) in [6, 6.07) is 1.03. The predicted octanol–water partition coefficient (Wildman–Crippen LogP) is 1.03. The van der Waals surface area contributed by atoms with E-state index < -0.39 is 0 Å². The highest BCUT2D eigenvalue weighted by Crippen LogP contribution is 2.33. The van der Waals surface area contributed by atoms with Crippen molar-refractivity contribution < 1.29 is 9.53 Å². The fraction of sp³-hybridized carbons (Fsp3) is 0.938. The molecule has 0 spiro atoms. The second-order valence-electron chi connectivity index (χ2n) is 7.09. The molecule has 1 saturated carbocycles. The van der Waals surface area contributed by atoms with Crippen LogP contribution in [0.3, 0.4) is 0 Å². The van der Waals surface area contributed by atoms with Crippen LogP contribution in [-0.4, -0.2) is 78.5 Å². The van der Waals surface area contributed by atoms with E-state index in [0.717, 1.165) is 58.2 Å². The van der Waals surface area contributed by atoms with Crippen LogP contribution < -0.4 is 5.32 Å². The average molecular weight is 308 g/mol. The summed E-state index contributed by atoms with van der Waals surface area (Å²) in [6.45, 7) is 6.36. The number of nitrogens with one attached hydrogen (secondary N) is 1. The number of fused-ring (bicyclic) bond motifs is 1. The van der Waals surface area contributed by atoms with Gasteiger partial charge in [-0.2, -0.15) is 0 Å². The maximum atomic E-state index is 12.3. The number of piperidine rings is 1. The molecule has 6 nitrogen and oxygen atoms in total. The Labute approximate surface area is 132 Å². The zero-order chi connectivity index (χ0) is 14.9. The molecule has 1 aliphatic carbocycles. The quantitative estimate of drug-likeness (QED) is 0.826. The lowest BCUT2D eigenvalue weighted by atomic mass is 9.93. The van der Waals surface area contributed by atoms with Crippen LogP contribution in [0, 0.1) is 0 Å². The highest BCUT2D eigenvalue weighted by atomic mass is 16.6. The van der Waals surface area contributed by atoms with Crippen LogP contribution in [0.2, 0.25) is 0 Å². The number of carbonyl (C=O) groups excluding carboxylic acids is 1. The molecule has 3 saturated heterocycles. The van der Waals surface area contributed by atoms with Crippen molar-refractivity contribution >= 4 is 6.09 Å². The molecule has 3 aliphatic heterocycles. The minimum Gasteiger partial charge on any atom is -0.443 e. The average Bonchev–Trinajstić information content (AvgIpc) is 2.91. The predicted molar refractivity (Wildman–Crippen MR) is 83.4 cm³/mol. The van der Waals surface area contributed by atoms with Gasteiger partial charge in [-0.25, -0.2) is 14.8 Å². The molecule has 1 amide bonds. The Kier molecular flexibility index (Phi) is 4.24. The summed E-state index contributed by atoms with van der Waals surface area (Å²) < 4.78 is 5.60. The van der Waals surface area contributed by atoms with Crippen molar-refractivity contribution in [2.45, 2.75) is 56.7 Å². The molecule has 0 aromatic heterocycles. The van der Waals surface area contributed by atoms with Crippen molar-refractivity contribution in [2.75, 3.05) is 39.3 Å². The number of carbonyl (C=O) groups is 1. The van der Waals surface area contributed by atoms with E-state index in [9.17, 15) is 4.79 Å². The lowest BCUT2D eigenvalue weighted by Gasteiger charge is -2.44. The molecule has 0 aromatic rings. The molecule has 2 atom stereocenters. The van der Waals surface area contributed by atoms with E-state index in [4.69, 9.17) is 4.74 Å². The number of piperazine rings is 1. The van der Waals surface area contributed by atoms with Crippen molar-refractivity contribution in [1.29, 1.82) is 0 Å². The largest absolute Gasteiger partial charge is 0.443 e. The maximum absolute atomic E-state index is 12.3. The van der Waals surface area contributed by atoms with Gasteiger partial charge in [0.25, 0.3) is 0 Å². The van der Waals surface area contributed by atoms with Crippen LogP contribution in [0.1, 0.15) is 38.5 Å². The van der Waals surface area contributed by atoms with Gasteiger partial charge < -0.3 is 10.1 Å². The van der Waals surface area contributed by atoms with E-state index >= 15 is 0 Å².